The summed E-state index contributed by atoms with van der Waals surface area (Å²) in [7, 11) is 3.02. The summed E-state index contributed by atoms with van der Waals surface area (Å²) >= 11 is 6.17. The molecule has 2 N–H and O–H groups in total. The Morgan fingerprint density at radius 3 is 2.55 bits per heavy atom. The van der Waals surface area contributed by atoms with Gasteiger partial charge in [-0.25, -0.2) is 4.98 Å². The number of nitrogens with zero attached hydrogens (tertiary/aromatic N) is 2. The molecule has 2 fully saturated rings. The first-order chi connectivity index (χ1) is 16.0. The largest absolute Gasteiger partial charge is 0.491 e. The van der Waals surface area contributed by atoms with Crippen molar-refractivity contribution in [2.24, 2.45) is 0 Å². The number of para-hydroxylation sites is 1. The lowest BCUT2D eigenvalue weighted by Crippen LogP contribution is -2.58. The fourth-order valence-electron chi connectivity index (χ4n) is 4.90. The Labute approximate surface area is 198 Å². The van der Waals surface area contributed by atoms with Crippen molar-refractivity contribution in [3.8, 4) is 11.6 Å². The van der Waals surface area contributed by atoms with Crippen molar-refractivity contribution < 1.29 is 19.1 Å². The predicted octanol–water partition coefficient (Wildman–Crippen LogP) is 3.51. The maximum atomic E-state index is 12.9. The van der Waals surface area contributed by atoms with Crippen molar-refractivity contribution in [3.05, 3.63) is 47.1 Å². The van der Waals surface area contributed by atoms with E-state index in [1.807, 2.05) is 12.1 Å². The van der Waals surface area contributed by atoms with Gasteiger partial charge in [0, 0.05) is 30.4 Å². The summed E-state index contributed by atoms with van der Waals surface area (Å²) in [5, 5.41) is 6.60. The third kappa shape index (κ3) is 5.39. The molecular formula is C24H29ClN4O4. The van der Waals surface area contributed by atoms with Crippen molar-refractivity contribution in [2.75, 3.05) is 26.1 Å². The normalized spacial score (nSPS) is 22.3. The van der Waals surface area contributed by atoms with Gasteiger partial charge in [0.25, 0.3) is 11.8 Å². The minimum atomic E-state index is -0.184. The molecule has 3 heterocycles. The lowest BCUT2D eigenvalue weighted by molar-refractivity contribution is -0.120. The summed E-state index contributed by atoms with van der Waals surface area (Å²) in [6.07, 6.45) is 6.27. The monoisotopic (exact) mass is 472 g/mol. The minimum absolute atomic E-state index is 0.0452. The standard InChI is InChI=1S/C24H29ClN4O4/c1-32-21-10-15(13-26-24(21)33-2)23(31)27-16-11-17-6-5-7-18(12-16)29(17)14-22(30)28-20-9-4-3-8-19(20)25/h3-4,8-10,13,16-18H,5-7,11-12,14H2,1-2H3,(H,27,31)(H,28,30). The van der Waals surface area contributed by atoms with Crippen molar-refractivity contribution >= 4 is 29.1 Å². The van der Waals surface area contributed by atoms with E-state index in [9.17, 15) is 9.59 Å². The van der Waals surface area contributed by atoms with E-state index in [0.717, 1.165) is 32.1 Å². The number of aromatic nitrogens is 1. The number of piperidine rings is 2. The number of hydrogen-bond acceptors (Lipinski definition) is 6. The lowest BCUT2D eigenvalue weighted by Gasteiger charge is -2.48. The maximum Gasteiger partial charge on any atom is 0.256 e. The van der Waals surface area contributed by atoms with Crippen LogP contribution in [0.1, 0.15) is 42.5 Å². The van der Waals surface area contributed by atoms with Crippen molar-refractivity contribution in [2.45, 2.75) is 50.2 Å². The van der Waals surface area contributed by atoms with Gasteiger partial charge in [-0.05, 0) is 37.8 Å². The van der Waals surface area contributed by atoms with Gasteiger partial charge in [0.05, 0.1) is 37.0 Å². The van der Waals surface area contributed by atoms with Gasteiger partial charge in [0.15, 0.2) is 5.75 Å². The van der Waals surface area contributed by atoms with Gasteiger partial charge < -0.3 is 20.1 Å². The molecule has 4 rings (SSSR count). The average Bonchev–Trinajstić information content (AvgIpc) is 2.80. The highest BCUT2D eigenvalue weighted by atomic mass is 35.5. The molecule has 0 spiro atoms. The van der Waals surface area contributed by atoms with Crippen molar-refractivity contribution in [3.63, 3.8) is 0 Å². The second-order valence-electron chi connectivity index (χ2n) is 8.52. The summed E-state index contributed by atoms with van der Waals surface area (Å²) in [6.45, 7) is 0.320. The van der Waals surface area contributed by atoms with Crippen LogP contribution in [0.2, 0.25) is 5.02 Å². The first-order valence-corrected chi connectivity index (χ1v) is 11.5. The summed E-state index contributed by atoms with van der Waals surface area (Å²) in [6, 6.07) is 9.42. The molecule has 0 aliphatic carbocycles. The van der Waals surface area contributed by atoms with Gasteiger partial charge >= 0.3 is 0 Å². The summed E-state index contributed by atoms with van der Waals surface area (Å²) < 4.78 is 10.4. The second-order valence-corrected chi connectivity index (χ2v) is 8.92. The molecule has 1 aromatic heterocycles. The van der Waals surface area contributed by atoms with Crippen LogP contribution < -0.4 is 20.1 Å². The topological polar surface area (TPSA) is 92.8 Å². The summed E-state index contributed by atoms with van der Waals surface area (Å²) in [4.78, 5) is 32.0. The van der Waals surface area contributed by atoms with Crippen LogP contribution in [0, 0.1) is 0 Å². The van der Waals surface area contributed by atoms with Crippen molar-refractivity contribution in [1.82, 2.24) is 15.2 Å². The Morgan fingerprint density at radius 2 is 1.88 bits per heavy atom. The Hall–Kier alpha value is -2.84. The average molecular weight is 473 g/mol. The SMILES string of the molecule is COc1cc(C(=O)NC2CC3CCCC(C2)N3CC(=O)Nc2ccccc2Cl)cnc1OC. The van der Waals surface area contributed by atoms with Crippen LogP contribution in [0.5, 0.6) is 11.6 Å². The van der Waals surface area contributed by atoms with Crippen LogP contribution in [-0.4, -0.2) is 60.6 Å². The van der Waals surface area contributed by atoms with E-state index < -0.39 is 0 Å². The molecule has 2 aliphatic heterocycles. The number of anilines is 1. The van der Waals surface area contributed by atoms with E-state index >= 15 is 0 Å². The maximum absolute atomic E-state index is 12.9. The lowest BCUT2D eigenvalue weighted by atomic mass is 9.81. The summed E-state index contributed by atoms with van der Waals surface area (Å²) in [5.74, 6) is 0.503. The van der Waals surface area contributed by atoms with E-state index in [0.29, 0.717) is 34.4 Å². The molecule has 2 saturated heterocycles. The molecule has 176 valence electrons. The molecule has 2 unspecified atom stereocenters. The number of rotatable bonds is 7. The van der Waals surface area contributed by atoms with Crippen LogP contribution in [0.25, 0.3) is 0 Å². The number of pyridine rings is 1. The minimum Gasteiger partial charge on any atom is -0.491 e. The summed E-state index contributed by atoms with van der Waals surface area (Å²) in [5.41, 5.74) is 1.05. The van der Waals surface area contributed by atoms with E-state index in [1.54, 1.807) is 18.2 Å². The quantitative estimate of drug-likeness (QED) is 0.640. The van der Waals surface area contributed by atoms with Gasteiger partial charge in [-0.1, -0.05) is 30.2 Å². The van der Waals surface area contributed by atoms with Gasteiger partial charge in [0.2, 0.25) is 5.91 Å². The molecule has 0 radical (unpaired) electrons. The van der Waals surface area contributed by atoms with Crippen LogP contribution in [0.4, 0.5) is 5.69 Å². The van der Waals surface area contributed by atoms with E-state index in [2.05, 4.69) is 20.5 Å². The van der Waals surface area contributed by atoms with E-state index in [-0.39, 0.29) is 29.9 Å². The zero-order valence-electron chi connectivity index (χ0n) is 18.8. The number of hydrogen-bond donors (Lipinski definition) is 2. The van der Waals surface area contributed by atoms with E-state index in [1.165, 1.54) is 20.4 Å². The molecule has 0 saturated carbocycles. The smallest absolute Gasteiger partial charge is 0.256 e. The molecule has 8 nitrogen and oxygen atoms in total. The van der Waals surface area contributed by atoms with Gasteiger partial charge in [0.1, 0.15) is 0 Å². The molecule has 2 atom stereocenters. The molecule has 2 aromatic rings. The highest BCUT2D eigenvalue weighted by Crippen LogP contribution is 2.34. The number of benzene rings is 1. The Morgan fingerprint density at radius 1 is 1.15 bits per heavy atom. The van der Waals surface area contributed by atoms with E-state index in [4.69, 9.17) is 21.1 Å². The number of halogens is 1. The van der Waals surface area contributed by atoms with Crippen LogP contribution in [-0.2, 0) is 4.79 Å². The van der Waals surface area contributed by atoms with Gasteiger partial charge in [-0.3, -0.25) is 14.5 Å². The Balaban J connectivity index is 1.37. The number of carbonyl (C=O) groups is 2. The molecule has 2 amide bonds. The molecule has 2 bridgehead atoms. The fourth-order valence-corrected chi connectivity index (χ4v) is 5.08. The fraction of sp³-hybridized carbons (Fsp3) is 0.458. The van der Waals surface area contributed by atoms with Crippen molar-refractivity contribution in [1.29, 1.82) is 0 Å². The molecule has 9 heteroatoms. The highest BCUT2D eigenvalue weighted by Gasteiger charge is 2.39. The van der Waals surface area contributed by atoms with Gasteiger partial charge in [-0.2, -0.15) is 0 Å². The number of amides is 2. The first-order valence-electron chi connectivity index (χ1n) is 11.2. The Bertz CT molecular complexity index is 1000. The number of methoxy groups -OCH3 is 2. The molecular weight excluding hydrogens is 444 g/mol. The first kappa shape index (κ1) is 23.3. The predicted molar refractivity (Wildman–Crippen MR) is 126 cm³/mol. The molecule has 1 aromatic carbocycles. The number of nitrogens with one attached hydrogen (secondary N) is 2. The third-order valence-electron chi connectivity index (χ3n) is 6.43. The number of fused-ring (bicyclic) bond motifs is 2. The molecule has 33 heavy (non-hydrogen) atoms. The number of carbonyl (C=O) groups excluding carboxylic acids is 2. The molecule has 2 aliphatic rings. The van der Waals surface area contributed by atoms with Gasteiger partial charge in [-0.15, -0.1) is 0 Å². The number of ether oxygens (including phenoxy) is 2. The third-order valence-corrected chi connectivity index (χ3v) is 6.76. The Kier molecular flexibility index (Phi) is 7.35. The second kappa shape index (κ2) is 10.4. The van der Waals surface area contributed by atoms with Crippen LogP contribution in [0.3, 0.4) is 0 Å². The highest BCUT2D eigenvalue weighted by molar-refractivity contribution is 6.33. The zero-order valence-corrected chi connectivity index (χ0v) is 19.6. The van der Waals surface area contributed by atoms with Crippen LogP contribution in [0.15, 0.2) is 36.5 Å². The van der Waals surface area contributed by atoms with Crippen LogP contribution >= 0.6 is 11.6 Å². The zero-order chi connectivity index (χ0) is 23.4.